The summed E-state index contributed by atoms with van der Waals surface area (Å²) in [6, 6.07) is 6.41. The molecule has 0 bridgehead atoms. The highest BCUT2D eigenvalue weighted by molar-refractivity contribution is 7.84. The van der Waals surface area contributed by atoms with Crippen LogP contribution in [0.1, 0.15) is 46.4 Å². The molecule has 0 saturated heterocycles. The standard InChI is InChI=1S/C22H25FN6O4S/c1-14-2-5-19(23)16(8-14)11-29-7-6-20(28-29)21(30)18-10-25-13-26-22(18)27-17-4-3-15(9-17)12-33-34(24,31)32/h2,5-8,10,13,15,17H,3-4,9,11-12H2,1H3,(H2,24,31,32)(H,25,26,27). The fraction of sp³-hybridized carbons (Fsp3) is 0.364. The molecule has 12 heteroatoms. The van der Waals surface area contributed by atoms with Crippen LogP contribution in [0.3, 0.4) is 0 Å². The number of ketones is 1. The van der Waals surface area contributed by atoms with Crippen LogP contribution in [0.2, 0.25) is 0 Å². The summed E-state index contributed by atoms with van der Waals surface area (Å²) in [6.45, 7) is 2.09. The Hall–Kier alpha value is -3.22. The third-order valence-electron chi connectivity index (χ3n) is 5.71. The molecule has 1 aliphatic rings. The van der Waals surface area contributed by atoms with E-state index in [0.717, 1.165) is 18.4 Å². The first-order valence-corrected chi connectivity index (χ1v) is 12.2. The quantitative estimate of drug-likeness (QED) is 0.437. The summed E-state index contributed by atoms with van der Waals surface area (Å²) in [5.74, 6) is -0.299. The van der Waals surface area contributed by atoms with Crippen molar-refractivity contribution in [1.29, 1.82) is 0 Å². The average Bonchev–Trinajstić information content (AvgIpc) is 3.44. The van der Waals surface area contributed by atoms with Crippen LogP contribution in [0.4, 0.5) is 10.2 Å². The highest BCUT2D eigenvalue weighted by atomic mass is 32.2. The fourth-order valence-corrected chi connectivity index (χ4v) is 4.44. The Morgan fingerprint density at radius 1 is 1.32 bits per heavy atom. The van der Waals surface area contributed by atoms with E-state index < -0.39 is 10.3 Å². The van der Waals surface area contributed by atoms with Gasteiger partial charge in [-0.3, -0.25) is 13.7 Å². The lowest BCUT2D eigenvalue weighted by Crippen LogP contribution is -2.22. The molecule has 0 aliphatic heterocycles. The van der Waals surface area contributed by atoms with Crippen molar-refractivity contribution >= 4 is 21.9 Å². The number of halogens is 1. The summed E-state index contributed by atoms with van der Waals surface area (Å²) in [5, 5.41) is 12.5. The number of hydrogen-bond donors (Lipinski definition) is 2. The number of carbonyl (C=O) groups excluding carboxylic acids is 1. The maximum Gasteiger partial charge on any atom is 0.333 e. The summed E-state index contributed by atoms with van der Waals surface area (Å²) in [5.41, 5.74) is 1.87. The number of hydrogen-bond acceptors (Lipinski definition) is 8. The van der Waals surface area contributed by atoms with Crippen molar-refractivity contribution in [3.05, 3.63) is 71.2 Å². The monoisotopic (exact) mass is 488 g/mol. The summed E-state index contributed by atoms with van der Waals surface area (Å²) in [7, 11) is -3.97. The first-order chi connectivity index (χ1) is 16.2. The Labute approximate surface area is 196 Å². The molecule has 2 heterocycles. The van der Waals surface area contributed by atoms with Crippen molar-refractivity contribution in [2.45, 2.75) is 38.8 Å². The van der Waals surface area contributed by atoms with E-state index in [4.69, 9.17) is 9.32 Å². The van der Waals surface area contributed by atoms with Crippen molar-refractivity contribution in [2.75, 3.05) is 11.9 Å². The molecular formula is C22H25FN6O4S. The van der Waals surface area contributed by atoms with Gasteiger partial charge in [-0.15, -0.1) is 0 Å². The molecule has 0 amide bonds. The van der Waals surface area contributed by atoms with Crippen LogP contribution in [0.5, 0.6) is 0 Å². The molecule has 1 aromatic carbocycles. The van der Waals surface area contributed by atoms with Gasteiger partial charge in [0, 0.05) is 24.0 Å². The van der Waals surface area contributed by atoms with E-state index >= 15 is 0 Å². The maximum absolute atomic E-state index is 14.1. The van der Waals surface area contributed by atoms with Gasteiger partial charge in [0.05, 0.1) is 18.7 Å². The number of anilines is 1. The van der Waals surface area contributed by atoms with Crippen LogP contribution in [0, 0.1) is 18.7 Å². The molecular weight excluding hydrogens is 463 g/mol. The molecule has 1 fully saturated rings. The molecule has 4 rings (SSSR count). The van der Waals surface area contributed by atoms with Gasteiger partial charge in [0.1, 0.15) is 23.7 Å². The molecule has 34 heavy (non-hydrogen) atoms. The third kappa shape index (κ3) is 6.01. The Morgan fingerprint density at radius 3 is 2.94 bits per heavy atom. The van der Waals surface area contributed by atoms with Crippen molar-refractivity contribution in [1.82, 2.24) is 19.7 Å². The number of nitrogens with one attached hydrogen (secondary N) is 1. The van der Waals surface area contributed by atoms with E-state index in [1.54, 1.807) is 24.4 Å². The lowest BCUT2D eigenvalue weighted by Gasteiger charge is -2.15. The molecule has 1 saturated carbocycles. The number of carbonyl (C=O) groups is 1. The normalized spacial score (nSPS) is 18.2. The second kappa shape index (κ2) is 9.95. The van der Waals surface area contributed by atoms with Crippen LogP contribution >= 0.6 is 0 Å². The summed E-state index contributed by atoms with van der Waals surface area (Å²) < 4.78 is 42.3. The second-order valence-electron chi connectivity index (χ2n) is 8.41. The topological polar surface area (TPSA) is 142 Å². The molecule has 2 aromatic heterocycles. The van der Waals surface area contributed by atoms with Gasteiger partial charge in [0.15, 0.2) is 0 Å². The zero-order valence-electron chi connectivity index (χ0n) is 18.5. The summed E-state index contributed by atoms with van der Waals surface area (Å²) in [4.78, 5) is 21.3. The number of rotatable bonds is 9. The highest BCUT2D eigenvalue weighted by Gasteiger charge is 2.28. The zero-order chi connectivity index (χ0) is 24.3. The van der Waals surface area contributed by atoms with Crippen LogP contribution in [0.15, 0.2) is 43.0 Å². The van der Waals surface area contributed by atoms with Crippen molar-refractivity contribution in [2.24, 2.45) is 11.1 Å². The average molecular weight is 489 g/mol. The number of benzene rings is 1. The largest absolute Gasteiger partial charge is 0.367 e. The molecule has 10 nitrogen and oxygen atoms in total. The van der Waals surface area contributed by atoms with Gasteiger partial charge in [-0.2, -0.15) is 13.5 Å². The molecule has 180 valence electrons. The molecule has 2 unspecified atom stereocenters. The Kier molecular flexibility index (Phi) is 7.00. The van der Waals surface area contributed by atoms with E-state index in [1.807, 2.05) is 6.92 Å². The SMILES string of the molecule is Cc1ccc(F)c(Cn2ccc(C(=O)c3cncnc3NC3CCC(COS(N)(=O)=O)C3)n2)c1. The predicted molar refractivity (Wildman–Crippen MR) is 122 cm³/mol. The van der Waals surface area contributed by atoms with E-state index in [-0.39, 0.29) is 48.0 Å². The first-order valence-electron chi connectivity index (χ1n) is 10.7. The third-order valence-corrected chi connectivity index (χ3v) is 6.18. The maximum atomic E-state index is 14.1. The van der Waals surface area contributed by atoms with Crippen LogP contribution < -0.4 is 10.5 Å². The second-order valence-corrected chi connectivity index (χ2v) is 9.63. The number of aromatic nitrogens is 4. The lowest BCUT2D eigenvalue weighted by atomic mass is 10.1. The molecule has 2 atom stereocenters. The molecule has 0 spiro atoms. The Balaban J connectivity index is 1.44. The van der Waals surface area contributed by atoms with Crippen LogP contribution in [-0.4, -0.2) is 46.6 Å². The van der Waals surface area contributed by atoms with Gasteiger partial charge < -0.3 is 5.32 Å². The zero-order valence-corrected chi connectivity index (χ0v) is 19.3. The minimum atomic E-state index is -3.97. The van der Waals surface area contributed by atoms with Gasteiger partial charge >= 0.3 is 10.3 Å². The van der Waals surface area contributed by atoms with Gasteiger partial charge in [0.2, 0.25) is 5.78 Å². The van der Waals surface area contributed by atoms with Crippen molar-refractivity contribution < 1.29 is 21.8 Å². The van der Waals surface area contributed by atoms with Gasteiger partial charge in [-0.05, 0) is 44.2 Å². The minimum Gasteiger partial charge on any atom is -0.367 e. The van der Waals surface area contributed by atoms with E-state index in [2.05, 4.69) is 20.4 Å². The number of nitrogens with zero attached hydrogens (tertiary/aromatic N) is 4. The lowest BCUT2D eigenvalue weighted by molar-refractivity contribution is 0.103. The minimum absolute atomic E-state index is 0.0163. The van der Waals surface area contributed by atoms with Crippen molar-refractivity contribution in [3.63, 3.8) is 0 Å². The molecule has 1 aliphatic carbocycles. The predicted octanol–water partition coefficient (Wildman–Crippen LogP) is 2.20. The smallest absolute Gasteiger partial charge is 0.333 e. The molecule has 3 N–H and O–H groups in total. The van der Waals surface area contributed by atoms with Gasteiger partial charge in [0.25, 0.3) is 0 Å². The highest BCUT2D eigenvalue weighted by Crippen LogP contribution is 2.29. The summed E-state index contributed by atoms with van der Waals surface area (Å²) >= 11 is 0. The van der Waals surface area contributed by atoms with E-state index in [0.29, 0.717) is 17.8 Å². The fourth-order valence-electron chi connectivity index (χ4n) is 4.06. The Morgan fingerprint density at radius 2 is 2.15 bits per heavy atom. The van der Waals surface area contributed by atoms with E-state index in [1.165, 1.54) is 23.3 Å². The molecule has 3 aromatic rings. The van der Waals surface area contributed by atoms with Crippen LogP contribution in [-0.2, 0) is 21.0 Å². The van der Waals surface area contributed by atoms with E-state index in [9.17, 15) is 17.6 Å². The van der Waals surface area contributed by atoms with Crippen LogP contribution in [0.25, 0.3) is 0 Å². The van der Waals surface area contributed by atoms with Gasteiger partial charge in [-0.1, -0.05) is 17.7 Å². The number of nitrogens with two attached hydrogens (primary N) is 1. The molecule has 0 radical (unpaired) electrons. The Bertz CT molecular complexity index is 1300. The number of aryl methyl sites for hydroxylation is 1. The summed E-state index contributed by atoms with van der Waals surface area (Å²) in [6.07, 6.45) is 6.54. The van der Waals surface area contributed by atoms with Gasteiger partial charge in [-0.25, -0.2) is 19.5 Å². The van der Waals surface area contributed by atoms with Crippen molar-refractivity contribution in [3.8, 4) is 0 Å². The first kappa shape index (κ1) is 23.9.